The number of amides is 1. The van der Waals surface area contributed by atoms with E-state index in [0.717, 1.165) is 5.56 Å². The van der Waals surface area contributed by atoms with Gasteiger partial charge in [-0.05, 0) is 47.4 Å². The molecule has 0 atom stereocenters. The molecule has 260 valence electrons. The van der Waals surface area contributed by atoms with Gasteiger partial charge in [0.2, 0.25) is 11.6 Å². The molecule has 0 aliphatic heterocycles. The number of ether oxygens (including phenoxy) is 4. The number of nitrogen functional groups attached to an aromatic ring is 1. The first-order valence-electron chi connectivity index (χ1n) is 15.3. The molecular weight excluding hydrogens is 664 g/mol. The Labute approximate surface area is 289 Å². The molecule has 0 aliphatic rings. The zero-order chi connectivity index (χ0) is 35.7. The summed E-state index contributed by atoms with van der Waals surface area (Å²) in [4.78, 5) is 33.7. The van der Waals surface area contributed by atoms with E-state index in [1.165, 1.54) is 31.6 Å². The first-order chi connectivity index (χ1) is 23.9. The molecule has 5 rings (SSSR count). The van der Waals surface area contributed by atoms with Crippen LogP contribution in [-0.4, -0.2) is 59.8 Å². The molecule has 0 aliphatic carbocycles. The Kier molecular flexibility index (Phi) is 10.9. The van der Waals surface area contributed by atoms with Crippen LogP contribution in [0.3, 0.4) is 0 Å². The molecule has 1 amide bonds. The number of hydrogen-bond donors (Lipinski definition) is 3. The Morgan fingerprint density at radius 2 is 1.58 bits per heavy atom. The van der Waals surface area contributed by atoms with Gasteiger partial charge < -0.3 is 24.7 Å². The number of pyridine rings is 1. The van der Waals surface area contributed by atoms with Crippen molar-refractivity contribution in [3.8, 4) is 29.0 Å². The molecule has 5 aromatic rings. The minimum atomic E-state index is -4.21. The molecule has 0 spiro atoms. The van der Waals surface area contributed by atoms with Crippen molar-refractivity contribution in [2.45, 2.75) is 37.7 Å². The second kappa shape index (κ2) is 15.5. The summed E-state index contributed by atoms with van der Waals surface area (Å²) in [6.07, 6.45) is 2.17. The number of benzene rings is 2. The van der Waals surface area contributed by atoms with E-state index in [0.29, 0.717) is 11.3 Å². The van der Waals surface area contributed by atoms with Crippen molar-refractivity contribution in [1.82, 2.24) is 24.9 Å². The fourth-order valence-electron chi connectivity index (χ4n) is 4.47. The number of sulfonamides is 1. The summed E-state index contributed by atoms with van der Waals surface area (Å²) in [5.41, 5.74) is 7.09. The SMILES string of the molecule is COc1ccccc1COc1c(NS(=O)(=O)c2ccc(C(C)(C)C)cc2)nc(-c2ncccn2)nc1OCCOC(=O)Nc1cccc(N)n1. The molecule has 0 bridgehead atoms. The minimum absolute atomic E-state index is 0.00570. The predicted octanol–water partition coefficient (Wildman–Crippen LogP) is 5.22. The lowest BCUT2D eigenvalue weighted by Gasteiger charge is -2.20. The molecule has 50 heavy (non-hydrogen) atoms. The van der Waals surface area contributed by atoms with Gasteiger partial charge in [-0.25, -0.2) is 33.1 Å². The van der Waals surface area contributed by atoms with Crippen molar-refractivity contribution in [2.75, 3.05) is 36.1 Å². The van der Waals surface area contributed by atoms with E-state index in [-0.39, 0.29) is 70.9 Å². The third-order valence-electron chi connectivity index (χ3n) is 6.98. The average molecular weight is 701 g/mol. The number of nitrogens with zero attached hydrogens (tertiary/aromatic N) is 5. The van der Waals surface area contributed by atoms with Crippen LogP contribution in [0.2, 0.25) is 0 Å². The first kappa shape index (κ1) is 35.3. The van der Waals surface area contributed by atoms with E-state index in [4.69, 9.17) is 24.7 Å². The van der Waals surface area contributed by atoms with Crippen molar-refractivity contribution in [3.05, 3.63) is 96.3 Å². The molecule has 4 N–H and O–H groups in total. The van der Waals surface area contributed by atoms with Crippen LogP contribution in [0.15, 0.2) is 90.1 Å². The van der Waals surface area contributed by atoms with Gasteiger partial charge in [-0.3, -0.25) is 10.0 Å². The fourth-order valence-corrected chi connectivity index (χ4v) is 5.47. The molecule has 0 saturated carbocycles. The Balaban J connectivity index is 1.47. The number of rotatable bonds is 13. The summed E-state index contributed by atoms with van der Waals surface area (Å²) in [6, 6.07) is 20.1. The first-order valence-corrected chi connectivity index (χ1v) is 16.8. The second-order valence-corrected chi connectivity index (χ2v) is 13.3. The predicted molar refractivity (Wildman–Crippen MR) is 185 cm³/mol. The van der Waals surface area contributed by atoms with Crippen LogP contribution in [0.4, 0.5) is 22.2 Å². The van der Waals surface area contributed by atoms with Crippen molar-refractivity contribution in [1.29, 1.82) is 0 Å². The number of hydrogen-bond acceptors (Lipinski definition) is 13. The highest BCUT2D eigenvalue weighted by Crippen LogP contribution is 2.37. The van der Waals surface area contributed by atoms with E-state index in [2.05, 4.69) is 35.0 Å². The van der Waals surface area contributed by atoms with E-state index in [9.17, 15) is 13.2 Å². The minimum Gasteiger partial charge on any atom is -0.496 e. The van der Waals surface area contributed by atoms with Crippen LogP contribution in [0.1, 0.15) is 31.9 Å². The molecule has 3 heterocycles. The van der Waals surface area contributed by atoms with Crippen molar-refractivity contribution in [3.63, 3.8) is 0 Å². The lowest BCUT2D eigenvalue weighted by molar-refractivity contribution is 0.134. The van der Waals surface area contributed by atoms with E-state index >= 15 is 0 Å². The third-order valence-corrected chi connectivity index (χ3v) is 8.34. The zero-order valence-electron chi connectivity index (χ0n) is 27.8. The molecular formula is C34H36N8O7S. The van der Waals surface area contributed by atoms with Crippen LogP contribution < -0.4 is 30.0 Å². The largest absolute Gasteiger partial charge is 0.496 e. The number of nitrogens with one attached hydrogen (secondary N) is 2. The van der Waals surface area contributed by atoms with Gasteiger partial charge in [0.05, 0.1) is 12.0 Å². The number of anilines is 3. The number of carbonyl (C=O) groups is 1. The van der Waals surface area contributed by atoms with Gasteiger partial charge in [0.1, 0.15) is 37.2 Å². The standard InChI is InChI=1S/C34H36N8O7S/c1-34(2,3)23-13-15-24(16-14-23)50(44,45)42-29-28(49-21-22-9-5-6-10-25(22)46-4)32(41-31(40-29)30-36-17-8-18-37-30)47-19-20-48-33(43)39-27-12-7-11-26(35)38-27/h5-18H,19-21H2,1-4H3,(H,40,41,42)(H3,35,38,39,43). The zero-order valence-corrected chi connectivity index (χ0v) is 28.6. The molecule has 2 aromatic carbocycles. The highest BCUT2D eigenvalue weighted by Gasteiger charge is 2.26. The summed E-state index contributed by atoms with van der Waals surface area (Å²) < 4.78 is 52.8. The van der Waals surface area contributed by atoms with E-state index in [1.54, 1.807) is 60.7 Å². The monoisotopic (exact) mass is 700 g/mol. The Hall–Kier alpha value is -6.03. The Bertz CT molecular complexity index is 2040. The van der Waals surface area contributed by atoms with E-state index < -0.39 is 16.1 Å². The second-order valence-electron chi connectivity index (χ2n) is 11.6. The van der Waals surface area contributed by atoms with Gasteiger partial charge in [-0.1, -0.05) is 57.2 Å². The molecule has 15 nitrogen and oxygen atoms in total. The van der Waals surface area contributed by atoms with Crippen molar-refractivity contribution in [2.24, 2.45) is 0 Å². The highest BCUT2D eigenvalue weighted by molar-refractivity contribution is 7.92. The number of carbonyl (C=O) groups excluding carboxylic acids is 1. The van der Waals surface area contributed by atoms with Crippen LogP contribution in [0.5, 0.6) is 17.4 Å². The molecule has 0 saturated heterocycles. The average Bonchev–Trinajstić information content (AvgIpc) is 3.09. The maximum atomic E-state index is 13.8. The van der Waals surface area contributed by atoms with E-state index in [1.807, 2.05) is 20.8 Å². The van der Waals surface area contributed by atoms with Gasteiger partial charge in [0.15, 0.2) is 11.6 Å². The summed E-state index contributed by atoms with van der Waals surface area (Å²) in [7, 11) is -2.69. The van der Waals surface area contributed by atoms with Gasteiger partial charge in [0, 0.05) is 18.0 Å². The molecule has 0 unspecified atom stereocenters. The summed E-state index contributed by atoms with van der Waals surface area (Å²) >= 11 is 0. The Morgan fingerprint density at radius 3 is 2.28 bits per heavy atom. The number of para-hydroxylation sites is 1. The highest BCUT2D eigenvalue weighted by atomic mass is 32.2. The smallest absolute Gasteiger partial charge is 0.412 e. The van der Waals surface area contributed by atoms with Crippen LogP contribution >= 0.6 is 0 Å². The number of aromatic nitrogens is 5. The third kappa shape index (κ3) is 9.10. The maximum Gasteiger partial charge on any atom is 0.412 e. The van der Waals surface area contributed by atoms with Gasteiger partial charge in [-0.15, -0.1) is 0 Å². The number of nitrogens with two attached hydrogens (primary N) is 1. The molecule has 0 radical (unpaired) electrons. The summed E-state index contributed by atoms with van der Waals surface area (Å²) in [6.45, 7) is 5.57. The van der Waals surface area contributed by atoms with Crippen LogP contribution in [0, 0.1) is 0 Å². The van der Waals surface area contributed by atoms with Gasteiger partial charge in [0.25, 0.3) is 15.9 Å². The summed E-state index contributed by atoms with van der Waals surface area (Å²) in [5, 5.41) is 2.47. The normalized spacial score (nSPS) is 11.4. The van der Waals surface area contributed by atoms with Crippen LogP contribution in [-0.2, 0) is 26.8 Å². The topological polar surface area (TPSA) is 203 Å². The van der Waals surface area contributed by atoms with Crippen molar-refractivity contribution < 1.29 is 32.2 Å². The van der Waals surface area contributed by atoms with Gasteiger partial charge >= 0.3 is 6.09 Å². The van der Waals surface area contributed by atoms with Gasteiger partial charge in [-0.2, -0.15) is 4.98 Å². The van der Waals surface area contributed by atoms with Crippen molar-refractivity contribution >= 4 is 33.6 Å². The molecule has 3 aromatic heterocycles. The summed E-state index contributed by atoms with van der Waals surface area (Å²) in [5.74, 6) is 0.460. The number of methoxy groups -OCH3 is 1. The van der Waals surface area contributed by atoms with Crippen LogP contribution in [0.25, 0.3) is 11.6 Å². The maximum absolute atomic E-state index is 13.8. The molecule has 0 fully saturated rings. The molecule has 16 heteroatoms. The quantitative estimate of drug-likeness (QED) is 0.135. The fraction of sp³-hybridized carbons (Fsp3) is 0.235. The lowest BCUT2D eigenvalue weighted by Crippen LogP contribution is -2.20. The lowest BCUT2D eigenvalue weighted by atomic mass is 9.87. The Morgan fingerprint density at radius 1 is 0.840 bits per heavy atom.